The molecule has 0 radical (unpaired) electrons. The third kappa shape index (κ3) is 7.64. The van der Waals surface area contributed by atoms with Crippen LogP contribution in [-0.4, -0.2) is 43.6 Å². The van der Waals surface area contributed by atoms with Crippen molar-refractivity contribution in [2.75, 3.05) is 31.1 Å². The maximum absolute atomic E-state index is 13.3. The third-order valence-corrected chi connectivity index (χ3v) is 8.76. The summed E-state index contributed by atoms with van der Waals surface area (Å²) in [4.78, 5) is 6.91. The number of pyridine rings is 1. The predicted octanol–water partition coefficient (Wildman–Crippen LogP) is 7.38. The predicted molar refractivity (Wildman–Crippen MR) is 181 cm³/mol. The summed E-state index contributed by atoms with van der Waals surface area (Å²) < 4.78 is 39.4. The zero-order chi connectivity index (χ0) is 30.2. The van der Waals surface area contributed by atoms with E-state index >= 15 is 0 Å². The van der Waals surface area contributed by atoms with Crippen molar-refractivity contribution in [2.24, 2.45) is 0 Å². The van der Waals surface area contributed by atoms with Crippen LogP contribution in [0, 0.1) is 0 Å². The molecule has 7 rings (SSSR count). The van der Waals surface area contributed by atoms with Gasteiger partial charge in [-0.05, 0) is 72.8 Å². The van der Waals surface area contributed by atoms with Crippen LogP contribution in [0.4, 0.5) is 5.82 Å². The highest BCUT2D eigenvalue weighted by molar-refractivity contribution is 7.90. The van der Waals surface area contributed by atoms with E-state index in [0.717, 1.165) is 48.9 Å². The minimum Gasteiger partial charge on any atom is -0.457 e. The van der Waals surface area contributed by atoms with Crippen LogP contribution in [0.1, 0.15) is 0 Å². The molecule has 4 aromatic carbocycles. The highest BCUT2D eigenvalue weighted by Gasteiger charge is 2.22. The van der Waals surface area contributed by atoms with Gasteiger partial charge in [-0.3, -0.25) is 0 Å². The molecule has 1 N–H and O–H groups in total. The Hall–Kier alpha value is -4.83. The number of piperazine rings is 1. The highest BCUT2D eigenvalue weighted by atomic mass is 35.5. The Bertz CT molecular complexity index is 1860. The number of nitrogens with zero attached hydrogens (tertiary/aromatic N) is 3. The Morgan fingerprint density at radius 3 is 1.62 bits per heavy atom. The number of anilines is 1. The lowest BCUT2D eigenvalue weighted by atomic mass is 10.2. The second-order valence-corrected chi connectivity index (χ2v) is 11.9. The first-order valence-electron chi connectivity index (χ1n) is 14.4. The lowest BCUT2D eigenvalue weighted by Gasteiger charge is -2.28. The molecule has 6 aromatic rings. The van der Waals surface area contributed by atoms with E-state index in [2.05, 4.69) is 15.2 Å². The summed E-state index contributed by atoms with van der Waals surface area (Å²) in [5, 5.41) is 4.15. The monoisotopic (exact) mass is 640 g/mol. The molecule has 0 bridgehead atoms. The first-order valence-corrected chi connectivity index (χ1v) is 15.8. The number of rotatable bonds is 7. The molecular weight excluding hydrogens is 608 g/mol. The molecule has 0 unspecified atom stereocenters. The summed E-state index contributed by atoms with van der Waals surface area (Å²) in [5.41, 5.74) is 0.619. The second-order valence-electron chi connectivity index (χ2n) is 10.0. The fourth-order valence-electron chi connectivity index (χ4n) is 4.90. The van der Waals surface area contributed by atoms with Crippen molar-refractivity contribution in [1.82, 2.24) is 14.3 Å². The van der Waals surface area contributed by atoms with Crippen LogP contribution in [0.5, 0.6) is 23.0 Å². The Kier molecular flexibility index (Phi) is 10.4. The lowest BCUT2D eigenvalue weighted by molar-refractivity contribution is 0.482. The van der Waals surface area contributed by atoms with Gasteiger partial charge in [0.25, 0.3) is 10.0 Å². The summed E-state index contributed by atoms with van der Waals surface area (Å²) >= 11 is 0. The SMILES string of the molecule is Cl.O=S(=O)(c1ccc(Oc2ccccc2)cc1)n1ccc2c(N3CCNCC3)nccc21.c1ccc(Oc2ccccc2)cc1. The van der Waals surface area contributed by atoms with Crippen LogP contribution in [0.3, 0.4) is 0 Å². The normalized spacial score (nSPS) is 12.8. The fourth-order valence-corrected chi connectivity index (χ4v) is 6.24. The zero-order valence-electron chi connectivity index (χ0n) is 24.4. The van der Waals surface area contributed by atoms with E-state index in [1.807, 2.05) is 97.1 Å². The van der Waals surface area contributed by atoms with E-state index in [4.69, 9.17) is 9.47 Å². The van der Waals surface area contributed by atoms with Gasteiger partial charge in [0.1, 0.15) is 28.8 Å². The molecule has 0 spiro atoms. The minimum atomic E-state index is -3.76. The molecule has 1 saturated heterocycles. The van der Waals surface area contributed by atoms with Crippen LogP contribution in [0.15, 0.2) is 145 Å². The standard InChI is InChI=1S/C23H22N4O3S.C12H10O.ClH/c28-31(29,20-8-6-19(7-9-20)30-18-4-2-1-3-5-18)27-15-11-21-22(27)10-12-25-23(21)26-16-13-24-14-17-26;1-3-7-11(8-4-1)13-12-9-5-2-6-10-12;/h1-12,15,24H,13-14,16-17H2;1-10H;1H. The molecule has 8 nitrogen and oxygen atoms in total. The molecule has 0 saturated carbocycles. The van der Waals surface area contributed by atoms with Gasteiger partial charge in [-0.2, -0.15) is 0 Å². The van der Waals surface area contributed by atoms with E-state index in [1.54, 1.807) is 42.7 Å². The minimum absolute atomic E-state index is 0. The number of halogens is 1. The largest absolute Gasteiger partial charge is 0.457 e. The molecule has 10 heteroatoms. The molecule has 3 heterocycles. The fraction of sp³-hybridized carbons (Fsp3) is 0.114. The van der Waals surface area contributed by atoms with Crippen LogP contribution >= 0.6 is 12.4 Å². The number of aromatic nitrogens is 2. The average molecular weight is 641 g/mol. The summed E-state index contributed by atoms with van der Waals surface area (Å²) in [6.45, 7) is 3.45. The van der Waals surface area contributed by atoms with Crippen molar-refractivity contribution in [3.63, 3.8) is 0 Å². The van der Waals surface area contributed by atoms with Crippen molar-refractivity contribution in [2.45, 2.75) is 4.90 Å². The van der Waals surface area contributed by atoms with Crippen molar-refractivity contribution < 1.29 is 17.9 Å². The van der Waals surface area contributed by atoms with Gasteiger partial charge in [-0.25, -0.2) is 17.4 Å². The molecule has 230 valence electrons. The second kappa shape index (κ2) is 14.8. The van der Waals surface area contributed by atoms with Crippen molar-refractivity contribution in [1.29, 1.82) is 0 Å². The number of para-hydroxylation sites is 3. The van der Waals surface area contributed by atoms with E-state index in [-0.39, 0.29) is 17.3 Å². The van der Waals surface area contributed by atoms with Gasteiger partial charge in [0.15, 0.2) is 0 Å². The van der Waals surface area contributed by atoms with Gasteiger partial charge in [0.2, 0.25) is 0 Å². The molecule has 1 fully saturated rings. The number of benzene rings is 4. The summed E-state index contributed by atoms with van der Waals surface area (Å²) in [5.74, 6) is 3.83. The zero-order valence-corrected chi connectivity index (χ0v) is 26.0. The van der Waals surface area contributed by atoms with Gasteiger partial charge in [0.05, 0.1) is 10.4 Å². The number of fused-ring (bicyclic) bond motifs is 1. The van der Waals surface area contributed by atoms with Crippen molar-refractivity contribution >= 4 is 39.2 Å². The molecule has 1 aliphatic rings. The van der Waals surface area contributed by atoms with Gasteiger partial charge < -0.3 is 19.7 Å². The molecule has 45 heavy (non-hydrogen) atoms. The third-order valence-electron chi connectivity index (χ3n) is 7.06. The average Bonchev–Trinajstić information content (AvgIpc) is 3.53. The number of nitrogens with one attached hydrogen (secondary N) is 1. The summed E-state index contributed by atoms with van der Waals surface area (Å²) in [6, 6.07) is 38.9. The van der Waals surface area contributed by atoms with Gasteiger partial charge in [-0.1, -0.05) is 54.6 Å². The first kappa shape index (κ1) is 31.6. The van der Waals surface area contributed by atoms with Crippen LogP contribution < -0.4 is 19.7 Å². The number of hydrogen-bond acceptors (Lipinski definition) is 7. The first-order chi connectivity index (χ1) is 21.6. The Morgan fingerprint density at radius 2 is 1.11 bits per heavy atom. The Labute approximate surface area is 269 Å². The molecule has 1 aliphatic heterocycles. The molecule has 0 amide bonds. The van der Waals surface area contributed by atoms with Crippen molar-refractivity contribution in [3.05, 3.63) is 140 Å². The van der Waals surface area contributed by atoms with Crippen molar-refractivity contribution in [3.8, 4) is 23.0 Å². The van der Waals surface area contributed by atoms with Crippen LogP contribution in [0.25, 0.3) is 10.9 Å². The molecule has 0 atom stereocenters. The Morgan fingerprint density at radius 1 is 0.622 bits per heavy atom. The number of hydrogen-bond donors (Lipinski definition) is 1. The Balaban J connectivity index is 0.000000240. The van der Waals surface area contributed by atoms with Crippen LogP contribution in [-0.2, 0) is 10.0 Å². The molecule has 0 aliphatic carbocycles. The summed E-state index contributed by atoms with van der Waals surface area (Å²) in [7, 11) is -3.76. The van der Waals surface area contributed by atoms with Gasteiger partial charge in [0, 0.05) is 44.0 Å². The highest BCUT2D eigenvalue weighted by Crippen LogP contribution is 2.30. The smallest absolute Gasteiger partial charge is 0.268 e. The van der Waals surface area contributed by atoms with E-state index in [0.29, 0.717) is 17.0 Å². The van der Waals surface area contributed by atoms with E-state index in [9.17, 15) is 8.42 Å². The maximum atomic E-state index is 13.3. The van der Waals surface area contributed by atoms with E-state index < -0.39 is 10.0 Å². The lowest BCUT2D eigenvalue weighted by Crippen LogP contribution is -2.43. The maximum Gasteiger partial charge on any atom is 0.268 e. The molecular formula is C35H33ClN4O4S. The topological polar surface area (TPSA) is 85.7 Å². The summed E-state index contributed by atoms with van der Waals surface area (Å²) in [6.07, 6.45) is 3.27. The molecule has 2 aromatic heterocycles. The quantitative estimate of drug-likeness (QED) is 0.195. The van der Waals surface area contributed by atoms with E-state index in [1.165, 1.54) is 3.97 Å². The number of ether oxygens (including phenoxy) is 2. The van der Waals surface area contributed by atoms with Crippen LogP contribution in [0.2, 0.25) is 0 Å². The van der Waals surface area contributed by atoms with Gasteiger partial charge >= 0.3 is 0 Å². The van der Waals surface area contributed by atoms with Gasteiger partial charge in [-0.15, -0.1) is 12.4 Å².